The molecule has 2 N–H and O–H groups in total. The van der Waals surface area contributed by atoms with Gasteiger partial charge in [-0.25, -0.2) is 0 Å². The SMILES string of the molecule is CCCN1CCC[C@H]1CN. The molecule has 1 atom stereocenters. The van der Waals surface area contributed by atoms with Crippen LogP contribution in [0.15, 0.2) is 0 Å². The average Bonchev–Trinajstić information content (AvgIpc) is 2.36. The van der Waals surface area contributed by atoms with Crippen molar-refractivity contribution < 1.29 is 0 Å². The van der Waals surface area contributed by atoms with Crippen LogP contribution in [-0.4, -0.2) is 30.6 Å². The van der Waals surface area contributed by atoms with Crippen molar-refractivity contribution in [2.45, 2.75) is 32.2 Å². The molecule has 1 rings (SSSR count). The molecule has 1 saturated heterocycles. The first-order valence-corrected chi connectivity index (χ1v) is 4.32. The minimum atomic E-state index is 0.694. The van der Waals surface area contributed by atoms with Gasteiger partial charge in [0, 0.05) is 12.6 Å². The van der Waals surface area contributed by atoms with Crippen LogP contribution in [0, 0.1) is 0 Å². The molecular weight excluding hydrogens is 124 g/mol. The van der Waals surface area contributed by atoms with Gasteiger partial charge in [0.1, 0.15) is 0 Å². The molecule has 60 valence electrons. The second-order valence-electron chi connectivity index (χ2n) is 3.07. The zero-order chi connectivity index (χ0) is 7.40. The molecular formula is C8H18N2. The Balaban J connectivity index is 2.27. The van der Waals surface area contributed by atoms with Gasteiger partial charge >= 0.3 is 0 Å². The van der Waals surface area contributed by atoms with Gasteiger partial charge in [-0.1, -0.05) is 6.92 Å². The predicted octanol–water partition coefficient (Wildman–Crippen LogP) is 0.820. The molecule has 0 spiro atoms. The Morgan fingerprint density at radius 1 is 1.60 bits per heavy atom. The third kappa shape index (κ3) is 1.70. The summed E-state index contributed by atoms with van der Waals surface area (Å²) in [5, 5.41) is 0. The summed E-state index contributed by atoms with van der Waals surface area (Å²) in [6, 6.07) is 0.694. The van der Waals surface area contributed by atoms with Gasteiger partial charge in [0.05, 0.1) is 0 Å². The summed E-state index contributed by atoms with van der Waals surface area (Å²) in [5.74, 6) is 0. The van der Waals surface area contributed by atoms with Gasteiger partial charge < -0.3 is 5.73 Å². The van der Waals surface area contributed by atoms with Crippen molar-refractivity contribution in [3.8, 4) is 0 Å². The highest BCUT2D eigenvalue weighted by molar-refractivity contribution is 4.78. The fraction of sp³-hybridized carbons (Fsp3) is 1.00. The van der Waals surface area contributed by atoms with E-state index in [1.165, 1.54) is 32.4 Å². The van der Waals surface area contributed by atoms with Crippen LogP contribution in [0.25, 0.3) is 0 Å². The maximum atomic E-state index is 5.61. The van der Waals surface area contributed by atoms with E-state index in [1.807, 2.05) is 0 Å². The Morgan fingerprint density at radius 3 is 3.00 bits per heavy atom. The van der Waals surface area contributed by atoms with Crippen LogP contribution in [0.5, 0.6) is 0 Å². The van der Waals surface area contributed by atoms with Gasteiger partial charge in [-0.2, -0.15) is 0 Å². The number of hydrogen-bond acceptors (Lipinski definition) is 2. The van der Waals surface area contributed by atoms with Gasteiger partial charge in [-0.15, -0.1) is 0 Å². The monoisotopic (exact) mass is 142 g/mol. The first-order valence-electron chi connectivity index (χ1n) is 4.32. The van der Waals surface area contributed by atoms with Crippen LogP contribution in [0.1, 0.15) is 26.2 Å². The van der Waals surface area contributed by atoms with E-state index in [4.69, 9.17) is 5.73 Å². The van der Waals surface area contributed by atoms with Gasteiger partial charge in [-0.05, 0) is 32.4 Å². The van der Waals surface area contributed by atoms with Gasteiger partial charge in [0.25, 0.3) is 0 Å². The molecule has 0 unspecified atom stereocenters. The smallest absolute Gasteiger partial charge is 0.0218 e. The number of rotatable bonds is 3. The lowest BCUT2D eigenvalue weighted by atomic mass is 10.2. The number of hydrogen-bond donors (Lipinski definition) is 1. The molecule has 0 aromatic carbocycles. The Hall–Kier alpha value is -0.0800. The molecule has 0 aromatic heterocycles. The van der Waals surface area contributed by atoms with Crippen LogP contribution < -0.4 is 5.73 Å². The molecule has 0 bridgehead atoms. The molecule has 1 aliphatic rings. The largest absolute Gasteiger partial charge is 0.329 e. The fourth-order valence-electron chi connectivity index (χ4n) is 1.74. The molecule has 0 saturated carbocycles. The summed E-state index contributed by atoms with van der Waals surface area (Å²) in [5.41, 5.74) is 5.61. The fourth-order valence-corrected chi connectivity index (χ4v) is 1.74. The first kappa shape index (κ1) is 8.02. The van der Waals surface area contributed by atoms with E-state index >= 15 is 0 Å². The van der Waals surface area contributed by atoms with Crippen molar-refractivity contribution in [2.24, 2.45) is 5.73 Å². The topological polar surface area (TPSA) is 29.3 Å². The predicted molar refractivity (Wildman–Crippen MR) is 43.9 cm³/mol. The van der Waals surface area contributed by atoms with E-state index in [0.717, 1.165) is 6.54 Å². The molecule has 1 aliphatic heterocycles. The summed E-state index contributed by atoms with van der Waals surface area (Å²) >= 11 is 0. The van der Waals surface area contributed by atoms with E-state index in [2.05, 4.69) is 11.8 Å². The molecule has 1 heterocycles. The minimum absolute atomic E-state index is 0.694. The molecule has 10 heavy (non-hydrogen) atoms. The van der Waals surface area contributed by atoms with Crippen LogP contribution in [-0.2, 0) is 0 Å². The number of nitrogens with two attached hydrogens (primary N) is 1. The van der Waals surface area contributed by atoms with Gasteiger partial charge in [-0.3, -0.25) is 4.90 Å². The quantitative estimate of drug-likeness (QED) is 0.632. The van der Waals surface area contributed by atoms with Crippen LogP contribution in [0.4, 0.5) is 0 Å². The highest BCUT2D eigenvalue weighted by atomic mass is 15.2. The Labute approximate surface area is 63.4 Å². The Kier molecular flexibility index (Phi) is 3.16. The Bertz CT molecular complexity index is 93.3. The molecule has 0 aromatic rings. The summed E-state index contributed by atoms with van der Waals surface area (Å²) in [4.78, 5) is 2.51. The van der Waals surface area contributed by atoms with Crippen molar-refractivity contribution in [3.05, 3.63) is 0 Å². The third-order valence-electron chi connectivity index (χ3n) is 2.28. The summed E-state index contributed by atoms with van der Waals surface area (Å²) < 4.78 is 0. The molecule has 0 aliphatic carbocycles. The maximum Gasteiger partial charge on any atom is 0.0218 e. The summed E-state index contributed by atoms with van der Waals surface area (Å²) in [6.07, 6.45) is 3.93. The standard InChI is InChI=1S/C8H18N2/c1-2-5-10-6-3-4-8(10)7-9/h8H,2-7,9H2,1H3/t8-/m0/s1. The van der Waals surface area contributed by atoms with Crippen molar-refractivity contribution in [2.75, 3.05) is 19.6 Å². The minimum Gasteiger partial charge on any atom is -0.329 e. The lowest BCUT2D eigenvalue weighted by Crippen LogP contribution is -2.35. The van der Waals surface area contributed by atoms with Crippen molar-refractivity contribution in [3.63, 3.8) is 0 Å². The van der Waals surface area contributed by atoms with E-state index < -0.39 is 0 Å². The number of likely N-dealkylation sites (tertiary alicyclic amines) is 1. The highest BCUT2D eigenvalue weighted by Gasteiger charge is 2.21. The van der Waals surface area contributed by atoms with E-state index in [0.29, 0.717) is 6.04 Å². The molecule has 0 amide bonds. The van der Waals surface area contributed by atoms with E-state index in [9.17, 15) is 0 Å². The molecule has 2 heteroatoms. The van der Waals surface area contributed by atoms with Crippen molar-refractivity contribution >= 4 is 0 Å². The maximum absolute atomic E-state index is 5.61. The van der Waals surface area contributed by atoms with Crippen LogP contribution in [0.3, 0.4) is 0 Å². The summed E-state index contributed by atoms with van der Waals surface area (Å²) in [6.45, 7) is 5.59. The lowest BCUT2D eigenvalue weighted by Gasteiger charge is -2.21. The zero-order valence-corrected chi connectivity index (χ0v) is 6.84. The van der Waals surface area contributed by atoms with Crippen molar-refractivity contribution in [1.29, 1.82) is 0 Å². The van der Waals surface area contributed by atoms with Crippen LogP contribution in [0.2, 0.25) is 0 Å². The second-order valence-corrected chi connectivity index (χ2v) is 3.07. The normalized spacial score (nSPS) is 27.6. The zero-order valence-electron chi connectivity index (χ0n) is 6.84. The third-order valence-corrected chi connectivity index (χ3v) is 2.28. The Morgan fingerprint density at radius 2 is 2.40 bits per heavy atom. The molecule has 1 fully saturated rings. The van der Waals surface area contributed by atoms with E-state index in [1.54, 1.807) is 0 Å². The number of nitrogens with zero attached hydrogens (tertiary/aromatic N) is 1. The highest BCUT2D eigenvalue weighted by Crippen LogP contribution is 2.15. The van der Waals surface area contributed by atoms with E-state index in [-0.39, 0.29) is 0 Å². The lowest BCUT2D eigenvalue weighted by molar-refractivity contribution is 0.259. The van der Waals surface area contributed by atoms with Crippen LogP contribution >= 0.6 is 0 Å². The average molecular weight is 142 g/mol. The molecule has 0 radical (unpaired) electrons. The summed E-state index contributed by atoms with van der Waals surface area (Å²) in [7, 11) is 0. The second kappa shape index (κ2) is 3.94. The first-order chi connectivity index (χ1) is 4.88. The molecule has 2 nitrogen and oxygen atoms in total. The van der Waals surface area contributed by atoms with Crippen molar-refractivity contribution in [1.82, 2.24) is 4.90 Å². The van der Waals surface area contributed by atoms with Gasteiger partial charge in [0.2, 0.25) is 0 Å². The van der Waals surface area contributed by atoms with Gasteiger partial charge in [0.15, 0.2) is 0 Å².